The molecular weight excluding hydrogens is 138 g/mol. The van der Waals surface area contributed by atoms with Gasteiger partial charge >= 0.3 is 0 Å². The van der Waals surface area contributed by atoms with E-state index >= 15 is 0 Å². The fourth-order valence-corrected chi connectivity index (χ4v) is 0.828. The fraction of sp³-hybridized carbons (Fsp3) is 0.333. The lowest BCUT2D eigenvalue weighted by Gasteiger charge is -2.12. The highest BCUT2D eigenvalue weighted by Gasteiger charge is 1.95. The molecule has 1 atom stereocenters. The largest absolute Gasteiger partial charge is 0.362 e. The number of benzene rings is 1. The molecule has 2 heteroatoms. The van der Waals surface area contributed by atoms with Gasteiger partial charge in [-0.05, 0) is 19.1 Å². The third-order valence-electron chi connectivity index (χ3n) is 1.50. The van der Waals surface area contributed by atoms with E-state index in [2.05, 4.69) is 5.32 Å². The van der Waals surface area contributed by atoms with Crippen molar-refractivity contribution in [3.8, 4) is 0 Å². The molecule has 1 aromatic rings. The van der Waals surface area contributed by atoms with Gasteiger partial charge in [-0.3, -0.25) is 0 Å². The van der Waals surface area contributed by atoms with Crippen LogP contribution in [0.3, 0.4) is 0 Å². The number of ether oxygens (including phenoxy) is 1. The number of hydrogen-bond donors (Lipinski definition) is 1. The Hall–Kier alpha value is -1.02. The third-order valence-corrected chi connectivity index (χ3v) is 1.50. The normalized spacial score (nSPS) is 12.5. The Balaban J connectivity index is 2.51. The highest BCUT2D eigenvalue weighted by molar-refractivity contribution is 5.42. The summed E-state index contributed by atoms with van der Waals surface area (Å²) < 4.78 is 5.04. The molecule has 0 aliphatic carbocycles. The van der Waals surface area contributed by atoms with E-state index in [-0.39, 0.29) is 6.23 Å². The Morgan fingerprint density at radius 3 is 2.45 bits per heavy atom. The molecule has 1 rings (SSSR count). The lowest BCUT2D eigenvalue weighted by molar-refractivity contribution is 0.141. The number of para-hydroxylation sites is 1. The second kappa shape index (κ2) is 3.98. The van der Waals surface area contributed by atoms with E-state index in [1.54, 1.807) is 7.11 Å². The minimum atomic E-state index is 0.0670. The van der Waals surface area contributed by atoms with Crippen LogP contribution in [0.25, 0.3) is 0 Å². The summed E-state index contributed by atoms with van der Waals surface area (Å²) >= 11 is 0. The first-order valence-corrected chi connectivity index (χ1v) is 3.67. The van der Waals surface area contributed by atoms with E-state index in [0.29, 0.717) is 0 Å². The molecule has 0 aromatic heterocycles. The van der Waals surface area contributed by atoms with Gasteiger partial charge in [-0.2, -0.15) is 0 Å². The van der Waals surface area contributed by atoms with E-state index < -0.39 is 0 Å². The van der Waals surface area contributed by atoms with Crippen molar-refractivity contribution in [1.29, 1.82) is 0 Å². The van der Waals surface area contributed by atoms with Crippen LogP contribution in [-0.2, 0) is 4.74 Å². The van der Waals surface area contributed by atoms with Gasteiger partial charge in [0.05, 0.1) is 0 Å². The summed E-state index contributed by atoms with van der Waals surface area (Å²) in [6.45, 7) is 1.97. The maximum Gasteiger partial charge on any atom is 0.124 e. The minimum Gasteiger partial charge on any atom is -0.362 e. The topological polar surface area (TPSA) is 21.3 Å². The van der Waals surface area contributed by atoms with Crippen molar-refractivity contribution in [2.45, 2.75) is 13.2 Å². The number of rotatable bonds is 3. The van der Waals surface area contributed by atoms with Gasteiger partial charge < -0.3 is 10.1 Å². The second-order valence-corrected chi connectivity index (χ2v) is 2.39. The molecule has 1 unspecified atom stereocenters. The quantitative estimate of drug-likeness (QED) is 0.668. The molecule has 0 spiro atoms. The Kier molecular flexibility index (Phi) is 2.93. The molecule has 0 radical (unpaired) electrons. The van der Waals surface area contributed by atoms with Crippen LogP contribution in [0.4, 0.5) is 5.69 Å². The zero-order valence-corrected chi connectivity index (χ0v) is 6.87. The highest BCUT2D eigenvalue weighted by atomic mass is 16.5. The van der Waals surface area contributed by atoms with Crippen molar-refractivity contribution in [1.82, 2.24) is 0 Å². The van der Waals surface area contributed by atoms with E-state index in [9.17, 15) is 0 Å². The SMILES string of the molecule is COC(C)Nc1ccccc1. The van der Waals surface area contributed by atoms with Crippen LogP contribution in [0.5, 0.6) is 0 Å². The molecule has 0 aliphatic rings. The Morgan fingerprint density at radius 2 is 1.91 bits per heavy atom. The second-order valence-electron chi connectivity index (χ2n) is 2.39. The summed E-state index contributed by atoms with van der Waals surface area (Å²) in [5, 5.41) is 3.17. The number of anilines is 1. The zero-order valence-electron chi connectivity index (χ0n) is 6.87. The zero-order chi connectivity index (χ0) is 8.10. The maximum absolute atomic E-state index is 5.04. The number of methoxy groups -OCH3 is 1. The van der Waals surface area contributed by atoms with Crippen molar-refractivity contribution in [3.63, 3.8) is 0 Å². The van der Waals surface area contributed by atoms with Crippen LogP contribution in [0, 0.1) is 0 Å². The monoisotopic (exact) mass is 151 g/mol. The van der Waals surface area contributed by atoms with Crippen LogP contribution >= 0.6 is 0 Å². The van der Waals surface area contributed by atoms with E-state index in [1.165, 1.54) is 0 Å². The first-order valence-electron chi connectivity index (χ1n) is 3.67. The van der Waals surface area contributed by atoms with Crippen molar-refractivity contribution in [3.05, 3.63) is 30.3 Å². The molecule has 0 saturated carbocycles. The molecule has 1 aromatic carbocycles. The molecule has 1 N–H and O–H groups in total. The van der Waals surface area contributed by atoms with Gasteiger partial charge in [0.15, 0.2) is 0 Å². The smallest absolute Gasteiger partial charge is 0.124 e. The molecule has 0 saturated heterocycles. The lowest BCUT2D eigenvalue weighted by Crippen LogP contribution is -2.16. The van der Waals surface area contributed by atoms with Crippen molar-refractivity contribution in [2.24, 2.45) is 0 Å². The predicted octanol–water partition coefficient (Wildman–Crippen LogP) is 2.09. The lowest BCUT2D eigenvalue weighted by atomic mass is 10.3. The average Bonchev–Trinajstić information content (AvgIpc) is 2.06. The average molecular weight is 151 g/mol. The van der Waals surface area contributed by atoms with Crippen LogP contribution < -0.4 is 5.32 Å². The summed E-state index contributed by atoms with van der Waals surface area (Å²) in [6, 6.07) is 9.99. The van der Waals surface area contributed by atoms with Crippen molar-refractivity contribution >= 4 is 5.69 Å². The summed E-state index contributed by atoms with van der Waals surface area (Å²) in [7, 11) is 1.68. The van der Waals surface area contributed by atoms with Gasteiger partial charge in [0, 0.05) is 12.8 Å². The van der Waals surface area contributed by atoms with Crippen LogP contribution in [0.2, 0.25) is 0 Å². The van der Waals surface area contributed by atoms with E-state index in [0.717, 1.165) is 5.69 Å². The number of hydrogen-bond acceptors (Lipinski definition) is 2. The molecule has 11 heavy (non-hydrogen) atoms. The van der Waals surface area contributed by atoms with Crippen LogP contribution in [0.1, 0.15) is 6.92 Å². The molecule has 0 heterocycles. The highest BCUT2D eigenvalue weighted by Crippen LogP contribution is 2.06. The molecule has 0 aliphatic heterocycles. The summed E-state index contributed by atoms with van der Waals surface area (Å²) in [4.78, 5) is 0. The molecular formula is C9H13NO. The fourth-order valence-electron chi connectivity index (χ4n) is 0.828. The Labute approximate surface area is 67.2 Å². The van der Waals surface area contributed by atoms with Crippen molar-refractivity contribution in [2.75, 3.05) is 12.4 Å². The molecule has 0 bridgehead atoms. The third kappa shape index (κ3) is 2.60. The first-order chi connectivity index (χ1) is 5.33. The van der Waals surface area contributed by atoms with Crippen LogP contribution in [-0.4, -0.2) is 13.3 Å². The molecule has 0 fully saturated rings. The van der Waals surface area contributed by atoms with Gasteiger partial charge in [-0.15, -0.1) is 0 Å². The van der Waals surface area contributed by atoms with Gasteiger partial charge in [0.25, 0.3) is 0 Å². The van der Waals surface area contributed by atoms with E-state index in [4.69, 9.17) is 4.74 Å². The maximum atomic E-state index is 5.04. The predicted molar refractivity (Wildman–Crippen MR) is 46.5 cm³/mol. The van der Waals surface area contributed by atoms with Crippen molar-refractivity contribution < 1.29 is 4.74 Å². The van der Waals surface area contributed by atoms with E-state index in [1.807, 2.05) is 37.3 Å². The van der Waals surface area contributed by atoms with Crippen LogP contribution in [0.15, 0.2) is 30.3 Å². The summed E-state index contributed by atoms with van der Waals surface area (Å²) in [5.41, 5.74) is 1.09. The Morgan fingerprint density at radius 1 is 1.27 bits per heavy atom. The van der Waals surface area contributed by atoms with Gasteiger partial charge in [-0.25, -0.2) is 0 Å². The summed E-state index contributed by atoms with van der Waals surface area (Å²) in [5.74, 6) is 0. The molecule has 0 amide bonds. The standard InChI is InChI=1S/C9H13NO/c1-8(11-2)10-9-6-4-3-5-7-9/h3-8,10H,1-2H3. The molecule has 2 nitrogen and oxygen atoms in total. The Bertz CT molecular complexity index is 198. The number of nitrogens with one attached hydrogen (secondary N) is 1. The summed E-state index contributed by atoms with van der Waals surface area (Å²) in [6.07, 6.45) is 0.0670. The van der Waals surface area contributed by atoms with Gasteiger partial charge in [0.1, 0.15) is 6.23 Å². The first kappa shape index (κ1) is 8.08. The van der Waals surface area contributed by atoms with Gasteiger partial charge in [-0.1, -0.05) is 18.2 Å². The molecule has 60 valence electrons. The van der Waals surface area contributed by atoms with Gasteiger partial charge in [0.2, 0.25) is 0 Å². The minimum absolute atomic E-state index is 0.0670.